The number of hydrogen-bond donors (Lipinski definition) is 3. The van der Waals surface area contributed by atoms with Crippen LogP contribution >= 0.6 is 15.9 Å². The lowest BCUT2D eigenvalue weighted by Gasteiger charge is -2.13. The average Bonchev–Trinajstić information content (AvgIpc) is 2.26. The van der Waals surface area contributed by atoms with Gasteiger partial charge < -0.3 is 10.8 Å². The van der Waals surface area contributed by atoms with Gasteiger partial charge in [0.2, 0.25) is 15.9 Å². The summed E-state index contributed by atoms with van der Waals surface area (Å²) in [5.41, 5.74) is 4.82. The molecule has 0 aliphatic heterocycles. The van der Waals surface area contributed by atoms with Gasteiger partial charge in [-0.25, -0.2) is 12.8 Å². The second-order valence-electron chi connectivity index (χ2n) is 3.76. The standard InChI is InChI=1S/C10H10BrFN2O5S/c11-5-1-2-8(6(12)3-5)20(18,19)14-7(10(16)17)4-9(13)15/h1-3,7,14H,4H2,(H2,13,15)(H,16,17)/t7-/m0/s1. The Morgan fingerprint density at radius 1 is 1.45 bits per heavy atom. The Hall–Kier alpha value is -1.52. The number of sulfonamides is 1. The summed E-state index contributed by atoms with van der Waals surface area (Å²) in [6.45, 7) is 0. The van der Waals surface area contributed by atoms with Crippen LogP contribution in [0.2, 0.25) is 0 Å². The largest absolute Gasteiger partial charge is 0.480 e. The summed E-state index contributed by atoms with van der Waals surface area (Å²) in [5.74, 6) is -3.66. The van der Waals surface area contributed by atoms with E-state index >= 15 is 0 Å². The number of hydrogen-bond acceptors (Lipinski definition) is 4. The van der Waals surface area contributed by atoms with Crippen LogP contribution in [0.15, 0.2) is 27.6 Å². The lowest BCUT2D eigenvalue weighted by Crippen LogP contribution is -2.43. The van der Waals surface area contributed by atoms with E-state index in [9.17, 15) is 22.4 Å². The zero-order chi connectivity index (χ0) is 15.5. The first-order valence-electron chi connectivity index (χ1n) is 5.12. The van der Waals surface area contributed by atoms with Crippen LogP contribution in [0.5, 0.6) is 0 Å². The van der Waals surface area contributed by atoms with Crippen LogP contribution in [0, 0.1) is 5.82 Å². The number of carbonyl (C=O) groups is 2. The number of amides is 1. The summed E-state index contributed by atoms with van der Waals surface area (Å²) in [6.07, 6.45) is -0.743. The Morgan fingerprint density at radius 3 is 2.50 bits per heavy atom. The molecule has 0 saturated carbocycles. The monoisotopic (exact) mass is 368 g/mol. The van der Waals surface area contributed by atoms with Gasteiger partial charge in [-0.05, 0) is 18.2 Å². The third-order valence-electron chi connectivity index (χ3n) is 2.18. The maximum absolute atomic E-state index is 13.6. The van der Waals surface area contributed by atoms with Crippen LogP contribution in [0.3, 0.4) is 0 Å². The molecule has 0 aliphatic rings. The second kappa shape index (κ2) is 6.29. The van der Waals surface area contributed by atoms with E-state index in [1.165, 1.54) is 6.07 Å². The fraction of sp³-hybridized carbons (Fsp3) is 0.200. The molecule has 10 heteroatoms. The summed E-state index contributed by atoms with van der Waals surface area (Å²) in [4.78, 5) is 20.8. The molecule has 1 aromatic carbocycles. The highest BCUT2D eigenvalue weighted by Crippen LogP contribution is 2.19. The Bertz CT molecular complexity index is 649. The van der Waals surface area contributed by atoms with Crippen molar-refractivity contribution >= 4 is 37.8 Å². The highest BCUT2D eigenvalue weighted by Gasteiger charge is 2.28. The van der Waals surface area contributed by atoms with E-state index in [2.05, 4.69) is 15.9 Å². The van der Waals surface area contributed by atoms with Crippen molar-refractivity contribution in [1.82, 2.24) is 4.72 Å². The Labute approximate surface area is 122 Å². The average molecular weight is 369 g/mol. The van der Waals surface area contributed by atoms with Crippen LogP contribution in [0.4, 0.5) is 4.39 Å². The number of halogens is 2. The molecular weight excluding hydrogens is 359 g/mol. The van der Waals surface area contributed by atoms with E-state index in [1.807, 2.05) is 0 Å². The van der Waals surface area contributed by atoms with Crippen LogP contribution in [-0.2, 0) is 19.6 Å². The molecule has 1 rings (SSSR count). The third-order valence-corrected chi connectivity index (χ3v) is 4.18. The number of carboxylic acid groups (broad SMARTS) is 1. The summed E-state index contributed by atoms with van der Waals surface area (Å²) < 4.78 is 39.4. The van der Waals surface area contributed by atoms with Crippen LogP contribution in [0.25, 0.3) is 0 Å². The highest BCUT2D eigenvalue weighted by molar-refractivity contribution is 9.10. The van der Waals surface area contributed by atoms with Crippen LogP contribution in [0.1, 0.15) is 6.42 Å². The van der Waals surface area contributed by atoms with E-state index in [0.29, 0.717) is 4.47 Å². The fourth-order valence-electron chi connectivity index (χ4n) is 1.32. The molecule has 0 fully saturated rings. The maximum atomic E-state index is 13.6. The molecule has 7 nitrogen and oxygen atoms in total. The molecule has 0 heterocycles. The van der Waals surface area contributed by atoms with Crippen LogP contribution in [-0.4, -0.2) is 31.4 Å². The SMILES string of the molecule is NC(=O)C[C@H](NS(=O)(=O)c1ccc(Br)cc1F)C(=O)O. The lowest BCUT2D eigenvalue weighted by molar-refractivity contribution is -0.140. The maximum Gasteiger partial charge on any atom is 0.322 e. The van der Waals surface area contributed by atoms with E-state index in [4.69, 9.17) is 10.8 Å². The normalized spacial score (nSPS) is 12.9. The number of nitrogens with one attached hydrogen (secondary N) is 1. The van der Waals surface area contributed by atoms with Gasteiger partial charge in [0.15, 0.2) is 0 Å². The lowest BCUT2D eigenvalue weighted by atomic mass is 10.2. The number of nitrogens with two attached hydrogens (primary N) is 1. The molecule has 0 aliphatic carbocycles. The van der Waals surface area contributed by atoms with E-state index in [-0.39, 0.29) is 0 Å². The molecule has 0 radical (unpaired) electrons. The first kappa shape index (κ1) is 16.5. The van der Waals surface area contributed by atoms with Crippen molar-refractivity contribution in [2.75, 3.05) is 0 Å². The zero-order valence-corrected chi connectivity index (χ0v) is 12.2. The molecular formula is C10H10BrFN2O5S. The van der Waals surface area contributed by atoms with Gasteiger partial charge in [0.1, 0.15) is 16.8 Å². The molecule has 0 saturated heterocycles. The molecule has 4 N–H and O–H groups in total. The first-order chi connectivity index (χ1) is 9.13. The Kier molecular flexibility index (Phi) is 5.20. The molecule has 0 unspecified atom stereocenters. The minimum Gasteiger partial charge on any atom is -0.480 e. The molecule has 1 amide bonds. The predicted molar refractivity (Wildman–Crippen MR) is 69.7 cm³/mol. The van der Waals surface area contributed by atoms with Gasteiger partial charge >= 0.3 is 5.97 Å². The summed E-state index contributed by atoms with van der Waals surface area (Å²) in [6, 6.07) is 1.39. The first-order valence-corrected chi connectivity index (χ1v) is 7.39. The summed E-state index contributed by atoms with van der Waals surface area (Å²) in [7, 11) is -4.43. The number of rotatable bonds is 6. The fourth-order valence-corrected chi connectivity index (χ4v) is 2.91. The van der Waals surface area contributed by atoms with Gasteiger partial charge in [-0.2, -0.15) is 4.72 Å². The molecule has 1 aromatic rings. The Morgan fingerprint density at radius 2 is 2.05 bits per heavy atom. The predicted octanol–water partition coefficient (Wildman–Crippen LogP) is 0.195. The van der Waals surface area contributed by atoms with E-state index < -0.39 is 45.1 Å². The topological polar surface area (TPSA) is 127 Å². The van der Waals surface area contributed by atoms with E-state index in [1.54, 1.807) is 4.72 Å². The minimum atomic E-state index is -4.43. The summed E-state index contributed by atoms with van der Waals surface area (Å²) in [5, 5.41) is 8.81. The number of aliphatic carboxylic acids is 1. The molecule has 0 aromatic heterocycles. The molecule has 0 bridgehead atoms. The highest BCUT2D eigenvalue weighted by atomic mass is 79.9. The van der Waals surface area contributed by atoms with Crippen molar-refractivity contribution < 1.29 is 27.5 Å². The number of carboxylic acids is 1. The number of benzene rings is 1. The number of primary amides is 1. The molecule has 0 spiro atoms. The zero-order valence-electron chi connectivity index (χ0n) is 9.84. The van der Waals surface area contributed by atoms with Crippen molar-refractivity contribution in [3.8, 4) is 0 Å². The van der Waals surface area contributed by atoms with E-state index in [0.717, 1.165) is 12.1 Å². The minimum absolute atomic E-state index is 0.320. The van der Waals surface area contributed by atoms with Crippen LogP contribution < -0.4 is 10.5 Å². The van der Waals surface area contributed by atoms with Gasteiger partial charge in [0.25, 0.3) is 0 Å². The second-order valence-corrected chi connectivity index (χ2v) is 6.36. The van der Waals surface area contributed by atoms with Crippen molar-refractivity contribution in [3.05, 3.63) is 28.5 Å². The Balaban J connectivity index is 3.09. The van der Waals surface area contributed by atoms with Crippen molar-refractivity contribution in [1.29, 1.82) is 0 Å². The van der Waals surface area contributed by atoms with Gasteiger partial charge in [0, 0.05) is 4.47 Å². The van der Waals surface area contributed by atoms with Gasteiger partial charge in [-0.15, -0.1) is 0 Å². The van der Waals surface area contributed by atoms with Gasteiger partial charge in [-0.3, -0.25) is 9.59 Å². The molecule has 1 atom stereocenters. The summed E-state index contributed by atoms with van der Waals surface area (Å²) >= 11 is 2.96. The van der Waals surface area contributed by atoms with Crippen molar-refractivity contribution in [2.45, 2.75) is 17.4 Å². The molecule has 110 valence electrons. The third kappa shape index (κ3) is 4.25. The quantitative estimate of drug-likeness (QED) is 0.660. The van der Waals surface area contributed by atoms with Gasteiger partial charge in [-0.1, -0.05) is 15.9 Å². The van der Waals surface area contributed by atoms with Gasteiger partial charge in [0.05, 0.1) is 6.42 Å². The van der Waals surface area contributed by atoms with Crippen molar-refractivity contribution in [3.63, 3.8) is 0 Å². The number of carbonyl (C=O) groups excluding carboxylic acids is 1. The molecule has 20 heavy (non-hydrogen) atoms. The van der Waals surface area contributed by atoms with Crippen molar-refractivity contribution in [2.24, 2.45) is 5.73 Å². The smallest absolute Gasteiger partial charge is 0.322 e.